The maximum Gasteiger partial charge on any atom is 0.217 e. The molecule has 0 radical (unpaired) electrons. The monoisotopic (exact) mass is 310 g/mol. The van der Waals surface area contributed by atoms with E-state index >= 15 is 0 Å². The molecule has 1 fully saturated rings. The Bertz CT molecular complexity index is 416. The molecule has 1 aromatic rings. The van der Waals surface area contributed by atoms with Crippen LogP contribution >= 0.6 is 15.9 Å². The summed E-state index contributed by atoms with van der Waals surface area (Å²) in [5.74, 6) is 0.450. The maximum absolute atomic E-state index is 10.6. The fraction of sp³-hybridized carbons (Fsp3) is 0.500. The van der Waals surface area contributed by atoms with Gasteiger partial charge < -0.3 is 11.1 Å². The average Bonchev–Trinajstić information content (AvgIpc) is 2.28. The Balaban J connectivity index is 1.68. The summed E-state index contributed by atoms with van der Waals surface area (Å²) in [6.45, 7) is 0.885. The molecule has 1 aliphatic rings. The molecule has 0 bridgehead atoms. The number of carbonyl (C=O) groups excluding carboxylic acids is 1. The van der Waals surface area contributed by atoms with Crippen molar-refractivity contribution in [1.29, 1.82) is 0 Å². The van der Waals surface area contributed by atoms with Gasteiger partial charge in [0.15, 0.2) is 0 Å². The normalized spacial score (nSPS) is 22.5. The molecule has 3 nitrogen and oxygen atoms in total. The Morgan fingerprint density at radius 2 is 2.11 bits per heavy atom. The van der Waals surface area contributed by atoms with Crippen molar-refractivity contribution >= 4 is 21.8 Å². The Labute approximate surface area is 116 Å². The lowest BCUT2D eigenvalue weighted by atomic mass is 9.76. The van der Waals surface area contributed by atoms with Crippen LogP contribution in [-0.2, 0) is 4.79 Å². The summed E-state index contributed by atoms with van der Waals surface area (Å²) in [7, 11) is 0. The Morgan fingerprint density at radius 1 is 1.39 bits per heavy atom. The number of hydrogen-bond donors (Lipinski definition) is 2. The molecule has 3 N–H and O–H groups in total. The molecular weight excluding hydrogens is 292 g/mol. The summed E-state index contributed by atoms with van der Waals surface area (Å²) in [6, 6.07) is 9.02. The number of benzene rings is 1. The Morgan fingerprint density at radius 3 is 2.78 bits per heavy atom. The Hall–Kier alpha value is -0.870. The van der Waals surface area contributed by atoms with Gasteiger partial charge >= 0.3 is 0 Å². The summed E-state index contributed by atoms with van der Waals surface area (Å²) in [5, 5.41) is 3.47. The summed E-state index contributed by atoms with van der Waals surface area (Å²) >= 11 is 3.60. The molecule has 1 amide bonds. The van der Waals surface area contributed by atoms with Gasteiger partial charge in [0.25, 0.3) is 0 Å². The van der Waals surface area contributed by atoms with Crippen LogP contribution in [0.3, 0.4) is 0 Å². The summed E-state index contributed by atoms with van der Waals surface area (Å²) < 4.78 is 1.21. The second-order valence-corrected chi connectivity index (χ2v) is 5.77. The van der Waals surface area contributed by atoms with Crippen LogP contribution in [0.25, 0.3) is 0 Å². The third-order valence-corrected chi connectivity index (χ3v) is 4.24. The van der Waals surface area contributed by atoms with Crippen molar-refractivity contribution in [3.05, 3.63) is 34.3 Å². The molecule has 18 heavy (non-hydrogen) atoms. The van der Waals surface area contributed by atoms with Crippen LogP contribution in [0.5, 0.6) is 0 Å². The molecule has 1 aromatic carbocycles. The van der Waals surface area contributed by atoms with Gasteiger partial charge in [-0.2, -0.15) is 0 Å². The summed E-state index contributed by atoms with van der Waals surface area (Å²) in [6.07, 6.45) is 3.68. The lowest BCUT2D eigenvalue weighted by molar-refractivity contribution is -0.118. The van der Waals surface area contributed by atoms with Gasteiger partial charge in [-0.1, -0.05) is 34.1 Å². The van der Waals surface area contributed by atoms with E-state index in [1.165, 1.54) is 22.9 Å². The number of nitrogens with one attached hydrogen (secondary N) is 1. The Kier molecular flexibility index (Phi) is 4.78. The molecule has 98 valence electrons. The maximum atomic E-state index is 10.6. The first kappa shape index (κ1) is 13.6. The van der Waals surface area contributed by atoms with Crippen LogP contribution in [-0.4, -0.2) is 18.5 Å². The van der Waals surface area contributed by atoms with Crippen molar-refractivity contribution in [1.82, 2.24) is 5.32 Å². The quantitative estimate of drug-likeness (QED) is 0.793. The first-order valence-corrected chi connectivity index (χ1v) is 7.22. The van der Waals surface area contributed by atoms with Gasteiger partial charge in [0, 0.05) is 16.9 Å². The lowest BCUT2D eigenvalue weighted by Gasteiger charge is -2.37. The van der Waals surface area contributed by atoms with Crippen molar-refractivity contribution in [3.8, 4) is 0 Å². The number of halogens is 1. The molecule has 0 heterocycles. The van der Waals surface area contributed by atoms with Gasteiger partial charge in [-0.05, 0) is 43.4 Å². The molecular formula is C14H19BrN2O. The molecule has 0 atom stereocenters. The first-order chi connectivity index (χ1) is 8.66. The number of amides is 1. The van der Waals surface area contributed by atoms with Crippen molar-refractivity contribution in [2.75, 3.05) is 6.54 Å². The van der Waals surface area contributed by atoms with Gasteiger partial charge in [-0.15, -0.1) is 0 Å². The van der Waals surface area contributed by atoms with Crippen molar-refractivity contribution < 1.29 is 4.79 Å². The number of rotatable bonds is 6. The molecule has 0 aromatic heterocycles. The van der Waals surface area contributed by atoms with E-state index in [1.807, 2.05) is 6.07 Å². The van der Waals surface area contributed by atoms with E-state index in [0.29, 0.717) is 18.4 Å². The van der Waals surface area contributed by atoms with Crippen LogP contribution in [0.1, 0.15) is 37.2 Å². The van der Waals surface area contributed by atoms with Crippen molar-refractivity contribution in [3.63, 3.8) is 0 Å². The highest BCUT2D eigenvalue weighted by Gasteiger charge is 2.30. The first-order valence-electron chi connectivity index (χ1n) is 6.43. The number of carbonyl (C=O) groups is 1. The van der Waals surface area contributed by atoms with Crippen LogP contribution < -0.4 is 11.1 Å². The minimum Gasteiger partial charge on any atom is -0.370 e. The largest absolute Gasteiger partial charge is 0.370 e. The van der Waals surface area contributed by atoms with E-state index < -0.39 is 0 Å². The second-order valence-electron chi connectivity index (χ2n) is 4.91. The predicted molar refractivity (Wildman–Crippen MR) is 76.3 cm³/mol. The number of nitrogens with two attached hydrogens (primary N) is 1. The highest BCUT2D eigenvalue weighted by atomic mass is 79.9. The third kappa shape index (κ3) is 3.56. The fourth-order valence-corrected chi connectivity index (χ4v) is 3.02. The van der Waals surface area contributed by atoms with E-state index in [0.717, 1.165) is 13.0 Å². The SMILES string of the molecule is NC(=O)CCCNC1CC(c2ccccc2Br)C1. The third-order valence-electron chi connectivity index (χ3n) is 3.52. The smallest absolute Gasteiger partial charge is 0.217 e. The standard InChI is InChI=1S/C14H19BrN2O/c15-13-5-2-1-4-12(13)10-8-11(9-10)17-7-3-6-14(16)18/h1-2,4-5,10-11,17H,3,6-9H2,(H2,16,18). The van der Waals surface area contributed by atoms with Gasteiger partial charge in [0.2, 0.25) is 5.91 Å². The van der Waals surface area contributed by atoms with E-state index in [4.69, 9.17) is 5.73 Å². The second kappa shape index (κ2) is 6.34. The lowest BCUT2D eigenvalue weighted by Crippen LogP contribution is -2.40. The van der Waals surface area contributed by atoms with Gasteiger partial charge in [0.05, 0.1) is 0 Å². The molecule has 1 saturated carbocycles. The van der Waals surface area contributed by atoms with Gasteiger partial charge in [-0.25, -0.2) is 0 Å². The minimum atomic E-state index is -0.212. The zero-order valence-corrected chi connectivity index (χ0v) is 11.9. The fourth-order valence-electron chi connectivity index (χ4n) is 2.41. The highest BCUT2D eigenvalue weighted by molar-refractivity contribution is 9.10. The molecule has 0 saturated heterocycles. The minimum absolute atomic E-state index is 0.212. The molecule has 0 spiro atoms. The molecule has 1 aliphatic carbocycles. The zero-order chi connectivity index (χ0) is 13.0. The molecule has 2 rings (SSSR count). The zero-order valence-electron chi connectivity index (χ0n) is 10.4. The van der Waals surface area contributed by atoms with Crippen LogP contribution in [0.2, 0.25) is 0 Å². The van der Waals surface area contributed by atoms with E-state index in [1.54, 1.807) is 0 Å². The van der Waals surface area contributed by atoms with E-state index in [-0.39, 0.29) is 5.91 Å². The summed E-state index contributed by atoms with van der Waals surface area (Å²) in [4.78, 5) is 10.6. The number of hydrogen-bond acceptors (Lipinski definition) is 2. The van der Waals surface area contributed by atoms with E-state index in [9.17, 15) is 4.79 Å². The molecule has 0 aliphatic heterocycles. The summed E-state index contributed by atoms with van der Waals surface area (Å²) in [5.41, 5.74) is 6.51. The van der Waals surface area contributed by atoms with Crippen LogP contribution in [0, 0.1) is 0 Å². The average molecular weight is 311 g/mol. The van der Waals surface area contributed by atoms with Crippen LogP contribution in [0.15, 0.2) is 28.7 Å². The molecule has 0 unspecified atom stereocenters. The van der Waals surface area contributed by atoms with Crippen molar-refractivity contribution in [2.24, 2.45) is 5.73 Å². The van der Waals surface area contributed by atoms with Crippen LogP contribution in [0.4, 0.5) is 0 Å². The topological polar surface area (TPSA) is 55.1 Å². The van der Waals surface area contributed by atoms with Gasteiger partial charge in [-0.3, -0.25) is 4.79 Å². The van der Waals surface area contributed by atoms with E-state index in [2.05, 4.69) is 39.4 Å². The highest BCUT2D eigenvalue weighted by Crippen LogP contribution is 2.39. The molecule has 4 heteroatoms. The predicted octanol–water partition coefficient (Wildman–Crippen LogP) is 2.55. The van der Waals surface area contributed by atoms with Gasteiger partial charge in [0.1, 0.15) is 0 Å². The van der Waals surface area contributed by atoms with Crippen molar-refractivity contribution in [2.45, 2.75) is 37.6 Å². The number of primary amides is 1.